The summed E-state index contributed by atoms with van der Waals surface area (Å²) in [7, 11) is 0. The zero-order valence-electron chi connectivity index (χ0n) is 14.2. The van der Waals surface area contributed by atoms with Gasteiger partial charge in [-0.2, -0.15) is 26.3 Å². The SMILES string of the molecule is CC.CC(C)(C(=O)N1CCC1)N1CC(=O)OC1(C(F)(F)F)C(F)(F)F. The number of nitrogens with zero attached hydrogens (tertiary/aromatic N) is 2. The van der Waals surface area contributed by atoms with Crippen molar-refractivity contribution in [3.05, 3.63) is 0 Å². The number of amides is 1. The van der Waals surface area contributed by atoms with E-state index in [2.05, 4.69) is 4.74 Å². The topological polar surface area (TPSA) is 49.9 Å². The zero-order chi connectivity index (χ0) is 19.8. The maximum Gasteiger partial charge on any atom is 0.453 e. The van der Waals surface area contributed by atoms with Gasteiger partial charge in [0.1, 0.15) is 6.54 Å². The van der Waals surface area contributed by atoms with Crippen molar-refractivity contribution in [2.75, 3.05) is 19.6 Å². The average molecular weight is 378 g/mol. The van der Waals surface area contributed by atoms with Crippen LogP contribution in [0.15, 0.2) is 0 Å². The molecule has 2 heterocycles. The second kappa shape index (κ2) is 6.65. The first-order valence-electron chi connectivity index (χ1n) is 7.67. The summed E-state index contributed by atoms with van der Waals surface area (Å²) in [6.07, 6.45) is -11.3. The molecule has 0 spiro atoms. The summed E-state index contributed by atoms with van der Waals surface area (Å²) in [6, 6.07) is 0. The molecule has 0 aromatic rings. The summed E-state index contributed by atoms with van der Waals surface area (Å²) >= 11 is 0. The Morgan fingerprint density at radius 1 is 1.04 bits per heavy atom. The van der Waals surface area contributed by atoms with E-state index < -0.39 is 42.0 Å². The highest BCUT2D eigenvalue weighted by atomic mass is 19.4. The van der Waals surface area contributed by atoms with Crippen LogP contribution in [-0.2, 0) is 14.3 Å². The molecule has 0 N–H and O–H groups in total. The second-order valence-corrected chi connectivity index (χ2v) is 5.90. The van der Waals surface area contributed by atoms with Gasteiger partial charge in [0.2, 0.25) is 5.91 Å². The van der Waals surface area contributed by atoms with Crippen LogP contribution >= 0.6 is 0 Å². The fourth-order valence-electron chi connectivity index (χ4n) is 2.69. The van der Waals surface area contributed by atoms with Crippen LogP contribution in [0.1, 0.15) is 34.1 Å². The van der Waals surface area contributed by atoms with E-state index in [1.54, 1.807) is 0 Å². The number of likely N-dealkylation sites (tertiary alicyclic amines) is 1. The molecular weight excluding hydrogens is 358 g/mol. The maximum atomic E-state index is 13.3. The average Bonchev–Trinajstić information content (AvgIpc) is 2.78. The molecule has 0 aromatic heterocycles. The van der Waals surface area contributed by atoms with Crippen molar-refractivity contribution < 1.29 is 40.7 Å². The number of hydrogen-bond acceptors (Lipinski definition) is 4. The van der Waals surface area contributed by atoms with Crippen molar-refractivity contribution in [3.63, 3.8) is 0 Å². The molecule has 5 nitrogen and oxygen atoms in total. The normalized spacial score (nSPS) is 21.2. The first kappa shape index (κ1) is 21.5. The molecule has 25 heavy (non-hydrogen) atoms. The molecule has 2 saturated heterocycles. The van der Waals surface area contributed by atoms with E-state index in [0.717, 1.165) is 18.7 Å². The smallest absolute Gasteiger partial charge is 0.424 e. The van der Waals surface area contributed by atoms with Crippen molar-refractivity contribution in [2.45, 2.75) is 57.7 Å². The van der Waals surface area contributed by atoms with Crippen molar-refractivity contribution >= 4 is 11.9 Å². The fourth-order valence-corrected chi connectivity index (χ4v) is 2.69. The Hall–Kier alpha value is -1.52. The van der Waals surface area contributed by atoms with Gasteiger partial charge < -0.3 is 9.64 Å². The molecule has 0 unspecified atom stereocenters. The number of hydrogen-bond donors (Lipinski definition) is 0. The summed E-state index contributed by atoms with van der Waals surface area (Å²) in [4.78, 5) is 24.5. The van der Waals surface area contributed by atoms with E-state index in [1.807, 2.05) is 13.8 Å². The minimum Gasteiger partial charge on any atom is -0.424 e. The van der Waals surface area contributed by atoms with E-state index in [9.17, 15) is 35.9 Å². The highest BCUT2D eigenvalue weighted by Gasteiger charge is 2.82. The van der Waals surface area contributed by atoms with Gasteiger partial charge in [-0.1, -0.05) is 13.8 Å². The van der Waals surface area contributed by atoms with Crippen LogP contribution in [0.2, 0.25) is 0 Å². The van der Waals surface area contributed by atoms with Gasteiger partial charge in [0.15, 0.2) is 0 Å². The summed E-state index contributed by atoms with van der Waals surface area (Å²) in [5.74, 6) is -2.61. The first-order valence-corrected chi connectivity index (χ1v) is 7.67. The van der Waals surface area contributed by atoms with Gasteiger partial charge in [0.05, 0.1) is 5.54 Å². The Balaban J connectivity index is 0.00000151. The van der Waals surface area contributed by atoms with Crippen molar-refractivity contribution in [3.8, 4) is 0 Å². The van der Waals surface area contributed by atoms with E-state index >= 15 is 0 Å². The minimum atomic E-state index is -5.95. The van der Waals surface area contributed by atoms with Gasteiger partial charge in [-0.15, -0.1) is 0 Å². The molecule has 0 bridgehead atoms. The van der Waals surface area contributed by atoms with E-state index in [1.165, 1.54) is 0 Å². The van der Waals surface area contributed by atoms with Gasteiger partial charge in [-0.25, -0.2) is 4.90 Å². The van der Waals surface area contributed by atoms with E-state index in [4.69, 9.17) is 0 Å². The monoisotopic (exact) mass is 378 g/mol. The fraction of sp³-hybridized carbons (Fsp3) is 0.857. The van der Waals surface area contributed by atoms with Crippen LogP contribution in [0.3, 0.4) is 0 Å². The highest BCUT2D eigenvalue weighted by molar-refractivity contribution is 5.87. The summed E-state index contributed by atoms with van der Waals surface area (Å²) in [6.45, 7) is 5.04. The molecule has 2 rings (SSSR count). The van der Waals surface area contributed by atoms with Crippen LogP contribution in [-0.4, -0.2) is 64.9 Å². The molecule has 2 aliphatic rings. The summed E-state index contributed by atoms with van der Waals surface area (Å²) < 4.78 is 83.3. The Bertz CT molecular complexity index is 512. The van der Waals surface area contributed by atoms with Gasteiger partial charge in [-0.05, 0) is 20.3 Å². The van der Waals surface area contributed by atoms with Gasteiger partial charge in [0, 0.05) is 13.1 Å². The molecule has 2 aliphatic heterocycles. The van der Waals surface area contributed by atoms with Crippen LogP contribution in [0, 0.1) is 0 Å². The van der Waals surface area contributed by atoms with Crippen LogP contribution in [0.25, 0.3) is 0 Å². The number of carbonyl (C=O) groups excluding carboxylic acids is 2. The molecule has 146 valence electrons. The Kier molecular flexibility index (Phi) is 5.73. The third-order valence-electron chi connectivity index (χ3n) is 4.04. The predicted molar refractivity (Wildman–Crippen MR) is 74.3 cm³/mol. The number of alkyl halides is 6. The number of rotatable bonds is 2. The number of ether oxygens (including phenoxy) is 1. The lowest BCUT2D eigenvalue weighted by Gasteiger charge is -2.47. The van der Waals surface area contributed by atoms with Crippen molar-refractivity contribution in [2.24, 2.45) is 0 Å². The zero-order valence-corrected chi connectivity index (χ0v) is 14.2. The third kappa shape index (κ3) is 3.30. The second-order valence-electron chi connectivity index (χ2n) is 5.90. The van der Waals surface area contributed by atoms with Crippen molar-refractivity contribution in [1.29, 1.82) is 0 Å². The van der Waals surface area contributed by atoms with E-state index in [0.29, 0.717) is 6.42 Å². The Labute approximate surface area is 140 Å². The number of carbonyl (C=O) groups is 2. The van der Waals surface area contributed by atoms with Gasteiger partial charge in [-0.3, -0.25) is 9.59 Å². The lowest BCUT2D eigenvalue weighted by molar-refractivity contribution is -0.407. The summed E-state index contributed by atoms with van der Waals surface area (Å²) in [5.41, 5.74) is -7.06. The minimum absolute atomic E-state index is 0.246. The molecular formula is C14H20F6N2O3. The first-order chi connectivity index (χ1) is 11.2. The quantitative estimate of drug-likeness (QED) is 0.548. The molecule has 0 radical (unpaired) electrons. The maximum absolute atomic E-state index is 13.3. The van der Waals surface area contributed by atoms with Gasteiger partial charge >= 0.3 is 24.0 Å². The lowest BCUT2D eigenvalue weighted by Crippen LogP contribution is -2.73. The molecule has 1 amide bonds. The largest absolute Gasteiger partial charge is 0.453 e. The molecule has 11 heteroatoms. The standard InChI is InChI=1S/C12H14F6N2O3.C2H6/c1-9(2,8(22)19-4-3-5-19)20-6-7(21)23-10(20,11(13,14)15)12(16,17)18;1-2/h3-6H2,1-2H3;1-2H3. The Morgan fingerprint density at radius 3 is 1.80 bits per heavy atom. The van der Waals surface area contributed by atoms with Crippen molar-refractivity contribution in [1.82, 2.24) is 9.80 Å². The van der Waals surface area contributed by atoms with Crippen LogP contribution in [0.4, 0.5) is 26.3 Å². The molecule has 0 aromatic carbocycles. The lowest BCUT2D eigenvalue weighted by atomic mass is 9.94. The highest BCUT2D eigenvalue weighted by Crippen LogP contribution is 2.53. The van der Waals surface area contributed by atoms with E-state index in [-0.39, 0.29) is 18.0 Å². The Morgan fingerprint density at radius 2 is 1.48 bits per heavy atom. The number of cyclic esters (lactones) is 1. The summed E-state index contributed by atoms with van der Waals surface area (Å²) in [5, 5.41) is 0. The molecule has 0 saturated carbocycles. The molecule has 2 fully saturated rings. The van der Waals surface area contributed by atoms with Crippen LogP contribution in [0.5, 0.6) is 0 Å². The number of halogens is 6. The molecule has 0 aliphatic carbocycles. The van der Waals surface area contributed by atoms with Crippen LogP contribution < -0.4 is 0 Å². The van der Waals surface area contributed by atoms with Gasteiger partial charge in [0.25, 0.3) is 0 Å². The third-order valence-corrected chi connectivity index (χ3v) is 4.04. The predicted octanol–water partition coefficient (Wildman–Crippen LogP) is 2.70. The molecule has 0 atom stereocenters. The number of esters is 1.